The predicted molar refractivity (Wildman–Crippen MR) is 60.6 cm³/mol. The third-order valence-corrected chi connectivity index (χ3v) is 3.52. The van der Waals surface area contributed by atoms with Crippen LogP contribution < -0.4 is 5.73 Å². The molecule has 0 bridgehead atoms. The lowest BCUT2D eigenvalue weighted by atomic mass is 9.77. The van der Waals surface area contributed by atoms with Gasteiger partial charge in [0.05, 0.1) is 0 Å². The van der Waals surface area contributed by atoms with E-state index in [4.69, 9.17) is 5.73 Å². The van der Waals surface area contributed by atoms with Crippen LogP contribution in [-0.4, -0.2) is 6.04 Å². The Hall–Kier alpha value is -0.0400. The van der Waals surface area contributed by atoms with Gasteiger partial charge in [0.1, 0.15) is 0 Å². The van der Waals surface area contributed by atoms with Gasteiger partial charge in [0.25, 0.3) is 0 Å². The van der Waals surface area contributed by atoms with Gasteiger partial charge >= 0.3 is 0 Å². The monoisotopic (exact) mass is 185 g/mol. The third kappa shape index (κ3) is 4.66. The highest BCUT2D eigenvalue weighted by Crippen LogP contribution is 2.28. The minimum absolute atomic E-state index is 0.344. The lowest BCUT2D eigenvalue weighted by Gasteiger charge is -2.29. The summed E-state index contributed by atoms with van der Waals surface area (Å²) in [7, 11) is 0. The van der Waals surface area contributed by atoms with Crippen LogP contribution in [0.2, 0.25) is 0 Å². The molecule has 4 atom stereocenters. The second-order valence-electron chi connectivity index (χ2n) is 5.15. The summed E-state index contributed by atoms with van der Waals surface area (Å²) < 4.78 is 0. The van der Waals surface area contributed by atoms with Gasteiger partial charge in [-0.25, -0.2) is 0 Å². The van der Waals surface area contributed by atoms with Gasteiger partial charge in [-0.3, -0.25) is 0 Å². The highest BCUT2D eigenvalue weighted by atomic mass is 14.6. The molecule has 0 rings (SSSR count). The van der Waals surface area contributed by atoms with E-state index >= 15 is 0 Å². The van der Waals surface area contributed by atoms with Gasteiger partial charge in [0, 0.05) is 6.04 Å². The van der Waals surface area contributed by atoms with Gasteiger partial charge in [0.2, 0.25) is 0 Å². The first-order valence-electron chi connectivity index (χ1n) is 5.61. The molecule has 0 radical (unpaired) electrons. The summed E-state index contributed by atoms with van der Waals surface area (Å²) in [6, 6.07) is 0.344. The SMILES string of the molecule is CC(N)CC(C)C(C)C(C)C(C)C. The second-order valence-corrected chi connectivity index (χ2v) is 5.15. The maximum Gasteiger partial charge on any atom is 0.00131 e. The third-order valence-electron chi connectivity index (χ3n) is 3.52. The van der Waals surface area contributed by atoms with Crippen LogP contribution >= 0.6 is 0 Å². The molecule has 0 aliphatic rings. The molecule has 0 aromatic rings. The number of hydrogen-bond acceptors (Lipinski definition) is 1. The molecule has 0 aromatic carbocycles. The topological polar surface area (TPSA) is 26.0 Å². The lowest BCUT2D eigenvalue weighted by molar-refractivity contribution is 0.209. The summed E-state index contributed by atoms with van der Waals surface area (Å²) >= 11 is 0. The predicted octanol–water partition coefficient (Wildman–Crippen LogP) is 3.29. The van der Waals surface area contributed by atoms with Crippen LogP contribution in [0.4, 0.5) is 0 Å². The Kier molecular flexibility index (Phi) is 5.62. The van der Waals surface area contributed by atoms with E-state index in [1.165, 1.54) is 0 Å². The molecule has 0 fully saturated rings. The Bertz CT molecular complexity index is 129. The molecule has 0 saturated carbocycles. The zero-order chi connectivity index (χ0) is 10.6. The van der Waals surface area contributed by atoms with Crippen LogP contribution in [-0.2, 0) is 0 Å². The van der Waals surface area contributed by atoms with Crippen molar-refractivity contribution >= 4 is 0 Å². The van der Waals surface area contributed by atoms with Gasteiger partial charge < -0.3 is 5.73 Å². The lowest BCUT2D eigenvalue weighted by Crippen LogP contribution is -2.26. The van der Waals surface area contributed by atoms with Crippen molar-refractivity contribution in [3.05, 3.63) is 0 Å². The fourth-order valence-electron chi connectivity index (χ4n) is 1.93. The van der Waals surface area contributed by atoms with Gasteiger partial charge in [-0.15, -0.1) is 0 Å². The van der Waals surface area contributed by atoms with E-state index < -0.39 is 0 Å². The average molecular weight is 185 g/mol. The summed E-state index contributed by atoms with van der Waals surface area (Å²) in [5, 5.41) is 0. The van der Waals surface area contributed by atoms with Crippen LogP contribution in [0.25, 0.3) is 0 Å². The van der Waals surface area contributed by atoms with E-state index in [2.05, 4.69) is 41.5 Å². The fourth-order valence-corrected chi connectivity index (χ4v) is 1.93. The van der Waals surface area contributed by atoms with E-state index in [-0.39, 0.29) is 0 Å². The number of nitrogens with two attached hydrogens (primary N) is 1. The van der Waals surface area contributed by atoms with Crippen molar-refractivity contribution in [3.63, 3.8) is 0 Å². The van der Waals surface area contributed by atoms with Crippen molar-refractivity contribution in [2.75, 3.05) is 0 Å². The van der Waals surface area contributed by atoms with Crippen LogP contribution in [0.5, 0.6) is 0 Å². The Balaban J connectivity index is 4.01. The van der Waals surface area contributed by atoms with Crippen molar-refractivity contribution in [1.82, 2.24) is 0 Å². The highest BCUT2D eigenvalue weighted by molar-refractivity contribution is 4.72. The molecule has 0 saturated heterocycles. The molecular formula is C12H27N. The molecule has 80 valence electrons. The summed E-state index contributed by atoms with van der Waals surface area (Å²) in [5.74, 6) is 3.11. The Morgan fingerprint density at radius 3 is 1.62 bits per heavy atom. The fraction of sp³-hybridized carbons (Fsp3) is 1.00. The first-order valence-corrected chi connectivity index (χ1v) is 5.61. The second kappa shape index (κ2) is 5.64. The molecular weight excluding hydrogens is 158 g/mol. The van der Waals surface area contributed by atoms with Gasteiger partial charge in [0.15, 0.2) is 0 Å². The Morgan fingerprint density at radius 1 is 0.846 bits per heavy atom. The molecule has 4 unspecified atom stereocenters. The average Bonchev–Trinajstić information content (AvgIpc) is 2.00. The molecule has 0 amide bonds. The first kappa shape index (κ1) is 13.0. The normalized spacial score (nSPS) is 21.2. The number of rotatable bonds is 5. The van der Waals surface area contributed by atoms with Crippen molar-refractivity contribution in [2.24, 2.45) is 29.4 Å². The van der Waals surface area contributed by atoms with Crippen LogP contribution in [0, 0.1) is 23.7 Å². The van der Waals surface area contributed by atoms with E-state index in [0.717, 1.165) is 30.1 Å². The summed E-state index contributed by atoms with van der Waals surface area (Å²) in [5.41, 5.74) is 5.81. The molecule has 0 aliphatic heterocycles. The molecule has 0 aromatic heterocycles. The molecule has 13 heavy (non-hydrogen) atoms. The van der Waals surface area contributed by atoms with Gasteiger partial charge in [-0.1, -0.05) is 34.6 Å². The molecule has 1 heteroatoms. The minimum Gasteiger partial charge on any atom is -0.328 e. The quantitative estimate of drug-likeness (QED) is 0.699. The van der Waals surface area contributed by atoms with Crippen molar-refractivity contribution in [1.29, 1.82) is 0 Å². The van der Waals surface area contributed by atoms with E-state index in [0.29, 0.717) is 6.04 Å². The molecule has 0 spiro atoms. The van der Waals surface area contributed by atoms with Crippen molar-refractivity contribution in [2.45, 2.75) is 54.0 Å². The molecule has 0 heterocycles. The van der Waals surface area contributed by atoms with E-state index in [9.17, 15) is 0 Å². The zero-order valence-electron chi connectivity index (χ0n) is 10.2. The van der Waals surface area contributed by atoms with E-state index in [1.54, 1.807) is 0 Å². The van der Waals surface area contributed by atoms with Crippen LogP contribution in [0.15, 0.2) is 0 Å². The largest absolute Gasteiger partial charge is 0.328 e. The Morgan fingerprint density at radius 2 is 1.31 bits per heavy atom. The van der Waals surface area contributed by atoms with Crippen molar-refractivity contribution in [3.8, 4) is 0 Å². The standard InChI is InChI=1S/C12H27N/c1-8(2)11(5)12(6)9(3)7-10(4)13/h8-12H,7,13H2,1-6H3. The van der Waals surface area contributed by atoms with E-state index in [1.807, 2.05) is 0 Å². The first-order chi connectivity index (χ1) is 5.86. The number of hydrogen-bond donors (Lipinski definition) is 1. The zero-order valence-corrected chi connectivity index (χ0v) is 10.2. The van der Waals surface area contributed by atoms with Gasteiger partial charge in [-0.2, -0.15) is 0 Å². The van der Waals surface area contributed by atoms with Crippen LogP contribution in [0.3, 0.4) is 0 Å². The maximum atomic E-state index is 5.81. The molecule has 0 aliphatic carbocycles. The van der Waals surface area contributed by atoms with Gasteiger partial charge in [-0.05, 0) is 37.0 Å². The maximum absolute atomic E-state index is 5.81. The Labute approximate surface area is 84.1 Å². The van der Waals surface area contributed by atoms with Crippen LogP contribution in [0.1, 0.15) is 48.0 Å². The summed E-state index contributed by atoms with van der Waals surface area (Å²) in [6.07, 6.45) is 1.15. The molecule has 1 nitrogen and oxygen atoms in total. The molecule has 2 N–H and O–H groups in total. The summed E-state index contributed by atoms with van der Waals surface area (Å²) in [6.45, 7) is 13.8. The van der Waals surface area contributed by atoms with Crippen molar-refractivity contribution < 1.29 is 0 Å². The smallest absolute Gasteiger partial charge is 0.00131 e. The summed E-state index contributed by atoms with van der Waals surface area (Å²) in [4.78, 5) is 0. The highest BCUT2D eigenvalue weighted by Gasteiger charge is 2.21. The minimum atomic E-state index is 0.344.